The summed E-state index contributed by atoms with van der Waals surface area (Å²) in [5.41, 5.74) is 0. The molecule has 8 heteroatoms. The predicted molar refractivity (Wildman–Crippen MR) is 109 cm³/mol. The van der Waals surface area contributed by atoms with Gasteiger partial charge in [-0.1, -0.05) is 30.9 Å². The fraction of sp³-hybridized carbons (Fsp3) is 0.650. The van der Waals surface area contributed by atoms with Crippen LogP contribution in [0.25, 0.3) is 0 Å². The van der Waals surface area contributed by atoms with E-state index in [0.717, 1.165) is 25.7 Å². The minimum atomic E-state index is -3.70. The highest BCUT2D eigenvalue weighted by Gasteiger charge is 2.34. The molecular weight excluding hydrogens is 400 g/mol. The van der Waals surface area contributed by atoms with E-state index in [1.165, 1.54) is 22.9 Å². The van der Waals surface area contributed by atoms with E-state index in [0.29, 0.717) is 31.7 Å². The normalized spacial score (nSPS) is 22.0. The molecule has 28 heavy (non-hydrogen) atoms. The van der Waals surface area contributed by atoms with Crippen LogP contribution in [0.3, 0.4) is 0 Å². The van der Waals surface area contributed by atoms with E-state index in [9.17, 15) is 13.2 Å². The van der Waals surface area contributed by atoms with Crippen molar-refractivity contribution in [3.63, 3.8) is 0 Å². The molecule has 1 aromatic carbocycles. The molecule has 0 unspecified atom stereocenters. The molecule has 0 bridgehead atoms. The van der Waals surface area contributed by atoms with E-state index in [4.69, 9.17) is 16.3 Å². The number of amides is 1. The maximum Gasteiger partial charge on any atom is 0.243 e. The van der Waals surface area contributed by atoms with Crippen molar-refractivity contribution < 1.29 is 17.9 Å². The zero-order valence-corrected chi connectivity index (χ0v) is 17.9. The first-order chi connectivity index (χ1) is 13.4. The van der Waals surface area contributed by atoms with Gasteiger partial charge in [0.05, 0.1) is 22.4 Å². The Hall–Kier alpha value is -1.31. The van der Waals surface area contributed by atoms with Gasteiger partial charge in [-0.05, 0) is 50.8 Å². The fourth-order valence-corrected chi connectivity index (χ4v) is 5.85. The zero-order chi connectivity index (χ0) is 20.1. The number of carbonyl (C=O) groups excluding carboxylic acids is 1. The van der Waals surface area contributed by atoms with Crippen LogP contribution in [0.1, 0.15) is 51.9 Å². The molecule has 1 saturated carbocycles. The summed E-state index contributed by atoms with van der Waals surface area (Å²) in [6.45, 7) is 2.93. The van der Waals surface area contributed by atoms with Crippen LogP contribution in [0.5, 0.6) is 5.75 Å². The van der Waals surface area contributed by atoms with Crippen LogP contribution < -0.4 is 10.1 Å². The van der Waals surface area contributed by atoms with Crippen molar-refractivity contribution in [2.75, 3.05) is 19.7 Å². The number of hydrogen-bond acceptors (Lipinski definition) is 4. The average molecular weight is 429 g/mol. The summed E-state index contributed by atoms with van der Waals surface area (Å²) in [7, 11) is -3.70. The minimum absolute atomic E-state index is 0.0171. The van der Waals surface area contributed by atoms with Crippen LogP contribution in [-0.2, 0) is 14.8 Å². The molecule has 1 N–H and O–H groups in total. The monoisotopic (exact) mass is 428 g/mol. The Morgan fingerprint density at radius 2 is 1.96 bits per heavy atom. The molecule has 1 heterocycles. The Balaban J connectivity index is 1.68. The van der Waals surface area contributed by atoms with Crippen LogP contribution in [0.2, 0.25) is 5.02 Å². The van der Waals surface area contributed by atoms with Gasteiger partial charge in [-0.25, -0.2) is 8.42 Å². The number of rotatable bonds is 6. The molecular formula is C20H29ClN2O4S. The predicted octanol–water partition coefficient (Wildman–Crippen LogP) is 3.59. The van der Waals surface area contributed by atoms with Gasteiger partial charge in [0.25, 0.3) is 0 Å². The van der Waals surface area contributed by atoms with E-state index in [2.05, 4.69) is 5.32 Å². The molecule has 2 fully saturated rings. The minimum Gasteiger partial charge on any atom is -0.492 e. The second-order valence-corrected chi connectivity index (χ2v) is 9.92. The van der Waals surface area contributed by atoms with Crippen molar-refractivity contribution in [3.8, 4) is 5.75 Å². The molecule has 1 atom stereocenters. The van der Waals surface area contributed by atoms with Crippen LogP contribution in [0.15, 0.2) is 23.1 Å². The summed E-state index contributed by atoms with van der Waals surface area (Å²) >= 11 is 6.17. The molecule has 1 saturated heterocycles. The summed E-state index contributed by atoms with van der Waals surface area (Å²) in [4.78, 5) is 12.8. The van der Waals surface area contributed by atoms with E-state index >= 15 is 0 Å². The van der Waals surface area contributed by atoms with E-state index in [1.54, 1.807) is 6.07 Å². The van der Waals surface area contributed by atoms with Gasteiger partial charge in [0, 0.05) is 19.1 Å². The first kappa shape index (κ1) is 21.4. The fourth-order valence-electron chi connectivity index (χ4n) is 4.00. The molecule has 1 amide bonds. The van der Waals surface area contributed by atoms with Crippen molar-refractivity contribution in [2.45, 2.75) is 62.8 Å². The van der Waals surface area contributed by atoms with Gasteiger partial charge < -0.3 is 10.1 Å². The number of carbonyl (C=O) groups is 1. The maximum absolute atomic E-state index is 13.1. The lowest BCUT2D eigenvalue weighted by molar-refractivity contribution is -0.127. The van der Waals surface area contributed by atoms with E-state index < -0.39 is 10.0 Å². The second kappa shape index (κ2) is 9.46. The molecule has 6 nitrogen and oxygen atoms in total. The van der Waals surface area contributed by atoms with Gasteiger partial charge in [-0.15, -0.1) is 0 Å². The molecule has 1 aliphatic heterocycles. The first-order valence-corrected chi connectivity index (χ1v) is 12.0. The second-order valence-electron chi connectivity index (χ2n) is 7.57. The third kappa shape index (κ3) is 4.99. The van der Waals surface area contributed by atoms with Gasteiger partial charge in [0.1, 0.15) is 5.75 Å². The quantitative estimate of drug-likeness (QED) is 0.751. The number of piperidine rings is 1. The number of hydrogen-bond donors (Lipinski definition) is 1. The summed E-state index contributed by atoms with van der Waals surface area (Å²) in [6.07, 6.45) is 6.95. The molecule has 1 aromatic rings. The van der Waals surface area contributed by atoms with Crippen LogP contribution in [-0.4, -0.2) is 44.4 Å². The molecule has 0 aromatic heterocycles. The van der Waals surface area contributed by atoms with Gasteiger partial charge in [-0.2, -0.15) is 4.31 Å². The Morgan fingerprint density at radius 1 is 1.21 bits per heavy atom. The lowest BCUT2D eigenvalue weighted by atomic mass is 9.93. The Labute approximate surface area is 172 Å². The number of nitrogens with one attached hydrogen (secondary N) is 1. The molecule has 2 aliphatic rings. The summed E-state index contributed by atoms with van der Waals surface area (Å²) < 4.78 is 32.9. The molecule has 0 spiro atoms. The smallest absolute Gasteiger partial charge is 0.243 e. The highest BCUT2D eigenvalue weighted by Crippen LogP contribution is 2.30. The standard InChI is InChI=1S/C20H29ClN2O4S/c1-2-27-19-11-10-17(13-18(19)21)28(25,26)23-12-6-7-15(14-23)20(24)22-16-8-4-3-5-9-16/h10-11,13,15-16H,2-9,12,14H2,1H3,(H,22,24)/t15-/m0/s1. The van der Waals surface area contributed by atoms with Crippen LogP contribution >= 0.6 is 11.6 Å². The summed E-state index contributed by atoms with van der Waals surface area (Å²) in [5.74, 6) is 0.145. The van der Waals surface area contributed by atoms with Gasteiger partial charge in [0.15, 0.2) is 0 Å². The van der Waals surface area contributed by atoms with Crippen LogP contribution in [0, 0.1) is 5.92 Å². The number of benzene rings is 1. The Bertz CT molecular complexity index is 793. The molecule has 1 aliphatic carbocycles. The van der Waals surface area contributed by atoms with Gasteiger partial charge in [0.2, 0.25) is 15.9 Å². The highest BCUT2D eigenvalue weighted by molar-refractivity contribution is 7.89. The number of sulfonamides is 1. The van der Waals surface area contributed by atoms with Gasteiger partial charge >= 0.3 is 0 Å². The largest absolute Gasteiger partial charge is 0.492 e. The highest BCUT2D eigenvalue weighted by atomic mass is 35.5. The zero-order valence-electron chi connectivity index (χ0n) is 16.3. The van der Waals surface area contributed by atoms with Crippen molar-refractivity contribution in [1.29, 1.82) is 0 Å². The third-order valence-electron chi connectivity index (χ3n) is 5.55. The number of nitrogens with zero attached hydrogens (tertiary/aromatic N) is 1. The number of ether oxygens (including phenoxy) is 1. The van der Waals surface area contributed by atoms with E-state index in [-0.39, 0.29) is 34.3 Å². The maximum atomic E-state index is 13.1. The summed E-state index contributed by atoms with van der Waals surface area (Å²) in [5, 5.41) is 3.40. The SMILES string of the molecule is CCOc1ccc(S(=O)(=O)N2CCC[C@H](C(=O)NC3CCCCC3)C2)cc1Cl. The van der Waals surface area contributed by atoms with Crippen molar-refractivity contribution in [3.05, 3.63) is 23.2 Å². The van der Waals surface area contributed by atoms with Crippen molar-refractivity contribution >= 4 is 27.5 Å². The van der Waals surface area contributed by atoms with Crippen LogP contribution in [0.4, 0.5) is 0 Å². The van der Waals surface area contributed by atoms with Crippen molar-refractivity contribution in [1.82, 2.24) is 9.62 Å². The first-order valence-electron chi connectivity index (χ1n) is 10.1. The lowest BCUT2D eigenvalue weighted by Gasteiger charge is -2.32. The topological polar surface area (TPSA) is 75.7 Å². The average Bonchev–Trinajstić information content (AvgIpc) is 2.70. The lowest BCUT2D eigenvalue weighted by Crippen LogP contribution is -2.47. The van der Waals surface area contributed by atoms with Gasteiger partial charge in [-0.3, -0.25) is 4.79 Å². The number of halogens is 1. The molecule has 0 radical (unpaired) electrons. The third-order valence-corrected chi connectivity index (χ3v) is 7.70. The molecule has 156 valence electrons. The summed E-state index contributed by atoms with van der Waals surface area (Å²) in [6, 6.07) is 4.75. The van der Waals surface area contributed by atoms with Crippen molar-refractivity contribution in [2.24, 2.45) is 5.92 Å². The van der Waals surface area contributed by atoms with E-state index in [1.807, 2.05) is 6.92 Å². The molecule has 3 rings (SSSR count). The Kier molecular flexibility index (Phi) is 7.23. The Morgan fingerprint density at radius 3 is 2.64 bits per heavy atom.